The summed E-state index contributed by atoms with van der Waals surface area (Å²) >= 11 is 0. The van der Waals surface area contributed by atoms with Crippen LogP contribution in [0.1, 0.15) is 17.0 Å². The van der Waals surface area contributed by atoms with E-state index in [-0.39, 0.29) is 17.5 Å². The Hall–Kier alpha value is -2.41. The van der Waals surface area contributed by atoms with E-state index in [9.17, 15) is 4.79 Å². The minimum Gasteiger partial charge on any atom is -0.288 e. The van der Waals surface area contributed by atoms with Crippen molar-refractivity contribution in [3.05, 3.63) is 57.5 Å². The van der Waals surface area contributed by atoms with E-state index < -0.39 is 0 Å². The molecule has 90 valence electrons. The Morgan fingerprint density at radius 3 is 2.72 bits per heavy atom. The van der Waals surface area contributed by atoms with Gasteiger partial charge in [0.1, 0.15) is 5.69 Å². The average Bonchev–Trinajstić information content (AvgIpc) is 2.34. The van der Waals surface area contributed by atoms with Gasteiger partial charge in [0.05, 0.1) is 18.2 Å². The number of benzene rings is 1. The van der Waals surface area contributed by atoms with Crippen LogP contribution in [-0.2, 0) is 6.42 Å². The number of nitrogens with zero attached hydrogens (tertiary/aromatic N) is 3. The first-order chi connectivity index (χ1) is 8.63. The third kappa shape index (κ3) is 2.16. The molecule has 0 aliphatic rings. The molecule has 0 saturated heterocycles. The maximum Gasteiger partial charge on any atom is 0.204 e. The van der Waals surface area contributed by atoms with Crippen molar-refractivity contribution in [2.45, 2.75) is 20.3 Å². The minimum atomic E-state index is -0.182. The third-order valence-corrected chi connectivity index (χ3v) is 2.77. The predicted molar refractivity (Wildman–Crippen MR) is 68.6 cm³/mol. The van der Waals surface area contributed by atoms with Gasteiger partial charge >= 0.3 is 0 Å². The van der Waals surface area contributed by atoms with Crippen LogP contribution < -0.4 is 5.43 Å². The summed E-state index contributed by atoms with van der Waals surface area (Å²) in [6.45, 7) is 3.82. The first-order valence-electron chi connectivity index (χ1n) is 5.66. The quantitative estimate of drug-likeness (QED) is 0.804. The van der Waals surface area contributed by atoms with Gasteiger partial charge in [-0.15, -0.1) is 0 Å². The topological polar surface area (TPSA) is 58.7 Å². The molecule has 1 aromatic heterocycles. The van der Waals surface area contributed by atoms with Gasteiger partial charge in [-0.05, 0) is 25.5 Å². The molecule has 0 unspecified atom stereocenters. The van der Waals surface area contributed by atoms with Gasteiger partial charge in [0.15, 0.2) is 0 Å². The molecule has 1 aromatic carbocycles. The molecule has 0 saturated carbocycles. The Bertz CT molecular complexity index is 680. The van der Waals surface area contributed by atoms with Crippen LogP contribution in [0, 0.1) is 25.2 Å². The summed E-state index contributed by atoms with van der Waals surface area (Å²) in [6.07, 6.45) is 0.0327. The fourth-order valence-electron chi connectivity index (χ4n) is 1.83. The Kier molecular flexibility index (Phi) is 3.24. The van der Waals surface area contributed by atoms with E-state index in [2.05, 4.69) is 5.10 Å². The van der Waals surface area contributed by atoms with E-state index in [1.54, 1.807) is 4.68 Å². The van der Waals surface area contributed by atoms with Gasteiger partial charge in [-0.3, -0.25) is 4.79 Å². The minimum absolute atomic E-state index is 0.0327. The number of nitriles is 1. The Morgan fingerprint density at radius 1 is 1.33 bits per heavy atom. The number of para-hydroxylation sites is 1. The molecular formula is C14H13N3O. The number of rotatable bonds is 2. The molecule has 4 heteroatoms. The molecule has 0 amide bonds. The molecule has 0 fully saturated rings. The summed E-state index contributed by atoms with van der Waals surface area (Å²) in [5.74, 6) is 0. The number of hydrogen-bond acceptors (Lipinski definition) is 3. The van der Waals surface area contributed by atoms with Crippen molar-refractivity contribution in [2.24, 2.45) is 0 Å². The van der Waals surface area contributed by atoms with Crippen LogP contribution in [0.15, 0.2) is 35.1 Å². The fourth-order valence-corrected chi connectivity index (χ4v) is 1.83. The van der Waals surface area contributed by atoms with Crippen molar-refractivity contribution in [1.29, 1.82) is 5.26 Å². The second-order valence-electron chi connectivity index (χ2n) is 4.13. The SMILES string of the molecule is Cc1ccccc1-n1nc(CC#N)c(=O)cc1C. The lowest BCUT2D eigenvalue weighted by Crippen LogP contribution is -2.18. The lowest BCUT2D eigenvalue weighted by atomic mass is 10.2. The maximum absolute atomic E-state index is 11.7. The first kappa shape index (κ1) is 12.1. The van der Waals surface area contributed by atoms with Gasteiger partial charge in [0.2, 0.25) is 5.43 Å². The Labute approximate surface area is 105 Å². The van der Waals surface area contributed by atoms with Crippen LogP contribution in [-0.4, -0.2) is 9.78 Å². The molecule has 0 N–H and O–H groups in total. The second-order valence-corrected chi connectivity index (χ2v) is 4.13. The largest absolute Gasteiger partial charge is 0.288 e. The molecule has 0 atom stereocenters. The molecule has 1 heterocycles. The third-order valence-electron chi connectivity index (χ3n) is 2.77. The van der Waals surface area contributed by atoms with Crippen LogP contribution in [0.4, 0.5) is 0 Å². The summed E-state index contributed by atoms with van der Waals surface area (Å²) in [5, 5.41) is 13.0. The highest BCUT2D eigenvalue weighted by atomic mass is 16.1. The van der Waals surface area contributed by atoms with Crippen molar-refractivity contribution in [3.8, 4) is 11.8 Å². The zero-order valence-corrected chi connectivity index (χ0v) is 10.3. The van der Waals surface area contributed by atoms with E-state index in [0.29, 0.717) is 0 Å². The van der Waals surface area contributed by atoms with Crippen LogP contribution in [0.3, 0.4) is 0 Å². The lowest BCUT2D eigenvalue weighted by molar-refractivity contribution is 0.763. The van der Waals surface area contributed by atoms with E-state index in [1.807, 2.05) is 44.2 Å². The highest BCUT2D eigenvalue weighted by molar-refractivity contribution is 5.40. The van der Waals surface area contributed by atoms with Gasteiger partial charge < -0.3 is 0 Å². The van der Waals surface area contributed by atoms with Gasteiger partial charge in [0.25, 0.3) is 0 Å². The molecule has 2 aromatic rings. The van der Waals surface area contributed by atoms with Crippen molar-refractivity contribution >= 4 is 0 Å². The first-order valence-corrected chi connectivity index (χ1v) is 5.66. The standard InChI is InChI=1S/C14H13N3O/c1-10-5-3-4-6-13(10)17-11(2)9-14(18)12(16-17)7-8-15/h3-6,9H,7H2,1-2H3. The maximum atomic E-state index is 11.7. The highest BCUT2D eigenvalue weighted by Gasteiger charge is 2.08. The van der Waals surface area contributed by atoms with Gasteiger partial charge in [-0.2, -0.15) is 10.4 Å². The van der Waals surface area contributed by atoms with Gasteiger partial charge in [0, 0.05) is 11.8 Å². The number of aryl methyl sites for hydroxylation is 2. The van der Waals surface area contributed by atoms with E-state index in [1.165, 1.54) is 6.07 Å². The van der Waals surface area contributed by atoms with Crippen LogP contribution in [0.5, 0.6) is 0 Å². The summed E-state index contributed by atoms with van der Waals surface area (Å²) in [5.41, 5.74) is 2.86. The summed E-state index contributed by atoms with van der Waals surface area (Å²) in [4.78, 5) is 11.7. The van der Waals surface area contributed by atoms with Crippen molar-refractivity contribution in [3.63, 3.8) is 0 Å². The fraction of sp³-hybridized carbons (Fsp3) is 0.214. The monoisotopic (exact) mass is 239 g/mol. The zero-order chi connectivity index (χ0) is 13.1. The van der Waals surface area contributed by atoms with Crippen LogP contribution in [0.2, 0.25) is 0 Å². The summed E-state index contributed by atoms with van der Waals surface area (Å²) in [7, 11) is 0. The molecule has 0 radical (unpaired) electrons. The number of aromatic nitrogens is 2. The Balaban J connectivity index is 2.66. The Morgan fingerprint density at radius 2 is 2.06 bits per heavy atom. The van der Waals surface area contributed by atoms with Gasteiger partial charge in [-0.1, -0.05) is 18.2 Å². The molecule has 4 nitrogen and oxygen atoms in total. The zero-order valence-electron chi connectivity index (χ0n) is 10.3. The van der Waals surface area contributed by atoms with Crippen molar-refractivity contribution in [2.75, 3.05) is 0 Å². The summed E-state index contributed by atoms with van der Waals surface area (Å²) in [6, 6.07) is 11.3. The van der Waals surface area contributed by atoms with Crippen LogP contribution >= 0.6 is 0 Å². The molecule has 18 heavy (non-hydrogen) atoms. The predicted octanol–water partition coefficient (Wildman–Crippen LogP) is 1.92. The van der Waals surface area contributed by atoms with E-state index in [4.69, 9.17) is 5.26 Å². The smallest absolute Gasteiger partial charge is 0.204 e. The number of hydrogen-bond donors (Lipinski definition) is 0. The van der Waals surface area contributed by atoms with Gasteiger partial charge in [-0.25, -0.2) is 4.68 Å². The molecular weight excluding hydrogens is 226 g/mol. The van der Waals surface area contributed by atoms with Crippen molar-refractivity contribution < 1.29 is 0 Å². The lowest BCUT2D eigenvalue weighted by Gasteiger charge is -2.12. The molecule has 2 rings (SSSR count). The van der Waals surface area contributed by atoms with E-state index in [0.717, 1.165) is 16.9 Å². The highest BCUT2D eigenvalue weighted by Crippen LogP contribution is 2.13. The molecule has 0 aliphatic carbocycles. The molecule has 0 bridgehead atoms. The summed E-state index contributed by atoms with van der Waals surface area (Å²) < 4.78 is 1.71. The van der Waals surface area contributed by atoms with Crippen molar-refractivity contribution in [1.82, 2.24) is 9.78 Å². The molecule has 0 aliphatic heterocycles. The molecule has 0 spiro atoms. The normalized spacial score (nSPS) is 10.1. The average molecular weight is 239 g/mol. The second kappa shape index (κ2) is 4.84. The van der Waals surface area contributed by atoms with Crippen LogP contribution in [0.25, 0.3) is 5.69 Å². The van der Waals surface area contributed by atoms with E-state index >= 15 is 0 Å².